The summed E-state index contributed by atoms with van der Waals surface area (Å²) in [7, 11) is -1.61. The molecule has 0 spiro atoms. The van der Waals surface area contributed by atoms with Gasteiger partial charge in [-0.25, -0.2) is 0 Å². The van der Waals surface area contributed by atoms with Gasteiger partial charge in [0.15, 0.2) is 0 Å². The highest BCUT2D eigenvalue weighted by Crippen LogP contribution is 2.03. The van der Waals surface area contributed by atoms with E-state index in [1.807, 2.05) is 0 Å². The van der Waals surface area contributed by atoms with Crippen LogP contribution >= 0.6 is 0 Å². The molecule has 0 bridgehead atoms. The van der Waals surface area contributed by atoms with E-state index in [4.69, 9.17) is 0 Å². The molecule has 0 aliphatic rings. The van der Waals surface area contributed by atoms with Crippen molar-refractivity contribution in [2.45, 2.75) is 59.4 Å². The summed E-state index contributed by atoms with van der Waals surface area (Å²) in [5.74, 6) is 0. The van der Waals surface area contributed by atoms with Crippen molar-refractivity contribution in [2.24, 2.45) is 0 Å². The summed E-state index contributed by atoms with van der Waals surface area (Å²) in [5, 5.41) is 0. The van der Waals surface area contributed by atoms with Gasteiger partial charge in [-0.3, -0.25) is 0 Å². The van der Waals surface area contributed by atoms with Crippen molar-refractivity contribution in [3.63, 3.8) is 0 Å². The first-order valence-electron chi connectivity index (χ1n) is 6.99. The maximum Gasteiger partial charge on any atom is 0.281 e. The quantitative estimate of drug-likeness (QED) is 0.489. The van der Waals surface area contributed by atoms with Crippen molar-refractivity contribution in [1.82, 2.24) is 14.9 Å². The lowest BCUT2D eigenvalue weighted by molar-refractivity contribution is 0.686. The van der Waals surface area contributed by atoms with Crippen molar-refractivity contribution in [3.8, 4) is 0 Å². The van der Waals surface area contributed by atoms with Gasteiger partial charge in [0.2, 0.25) is 0 Å². The molecule has 0 rings (SSSR count). The Kier molecular flexibility index (Phi) is 10.3. The molecule has 16 heavy (non-hydrogen) atoms. The lowest BCUT2D eigenvalue weighted by Gasteiger charge is -2.33. The van der Waals surface area contributed by atoms with E-state index in [1.165, 1.54) is 31.7 Å². The molecule has 0 aromatic carbocycles. The summed E-state index contributed by atoms with van der Waals surface area (Å²) < 4.78 is 0. The Morgan fingerprint density at radius 1 is 0.625 bits per heavy atom. The lowest BCUT2D eigenvalue weighted by atomic mass is 10.5. The summed E-state index contributed by atoms with van der Waals surface area (Å²) >= 11 is 0. The van der Waals surface area contributed by atoms with Crippen LogP contribution < -0.4 is 14.9 Å². The first-order valence-corrected chi connectivity index (χ1v) is 9.20. The van der Waals surface area contributed by atoms with Gasteiger partial charge >= 0.3 is 0 Å². The van der Waals surface area contributed by atoms with Gasteiger partial charge in [-0.1, -0.05) is 34.1 Å². The van der Waals surface area contributed by atoms with Gasteiger partial charge in [0.1, 0.15) is 0 Å². The Bertz CT molecular complexity index is 131. The third kappa shape index (κ3) is 6.63. The molecule has 0 aliphatic heterocycles. The first-order chi connectivity index (χ1) is 7.74. The highest BCUT2D eigenvalue weighted by molar-refractivity contribution is 6.72. The van der Waals surface area contributed by atoms with Crippen LogP contribution in [0.5, 0.6) is 0 Å². The van der Waals surface area contributed by atoms with Crippen molar-refractivity contribution < 1.29 is 0 Å². The topological polar surface area (TPSA) is 36.1 Å². The second-order valence-electron chi connectivity index (χ2n) is 4.44. The monoisotopic (exact) mass is 245 g/mol. The summed E-state index contributed by atoms with van der Waals surface area (Å²) in [4.78, 5) is 11.3. The second-order valence-corrected chi connectivity index (χ2v) is 7.81. The molecule has 0 aliphatic carbocycles. The number of rotatable bonds is 11. The fourth-order valence-corrected chi connectivity index (χ4v) is 5.53. The Hall–Kier alpha value is 0.0969. The Morgan fingerprint density at radius 3 is 1.25 bits per heavy atom. The molecule has 0 amide bonds. The van der Waals surface area contributed by atoms with Crippen LogP contribution in [0.15, 0.2) is 0 Å². The van der Waals surface area contributed by atoms with E-state index in [9.17, 15) is 0 Å². The highest BCUT2D eigenvalue weighted by atomic mass is 28.4. The van der Waals surface area contributed by atoms with Crippen molar-refractivity contribution in [3.05, 3.63) is 0 Å². The largest absolute Gasteiger partial charge is 0.313 e. The van der Waals surface area contributed by atoms with Crippen molar-refractivity contribution in [2.75, 3.05) is 19.6 Å². The SMILES string of the molecule is CCCN[Si](CCC)(NCCC)NCCC. The van der Waals surface area contributed by atoms with E-state index in [2.05, 4.69) is 42.6 Å². The van der Waals surface area contributed by atoms with E-state index in [0.717, 1.165) is 19.6 Å². The highest BCUT2D eigenvalue weighted by Gasteiger charge is 2.31. The molecular formula is C12H31N3Si. The normalized spacial score (nSPS) is 12.0. The van der Waals surface area contributed by atoms with Gasteiger partial charge in [-0.05, 0) is 44.9 Å². The number of hydrogen-bond donors (Lipinski definition) is 3. The Balaban J connectivity index is 4.32. The lowest BCUT2D eigenvalue weighted by Crippen LogP contribution is -2.72. The minimum Gasteiger partial charge on any atom is -0.313 e. The van der Waals surface area contributed by atoms with Crippen LogP contribution in [0.1, 0.15) is 53.4 Å². The van der Waals surface area contributed by atoms with E-state index in [-0.39, 0.29) is 0 Å². The Morgan fingerprint density at radius 2 is 1.00 bits per heavy atom. The molecule has 0 atom stereocenters. The predicted octanol–water partition coefficient (Wildman–Crippen LogP) is 2.33. The van der Waals surface area contributed by atoms with Crippen molar-refractivity contribution >= 4 is 8.56 Å². The zero-order valence-electron chi connectivity index (χ0n) is 11.7. The van der Waals surface area contributed by atoms with Gasteiger partial charge in [0.25, 0.3) is 8.56 Å². The zero-order valence-corrected chi connectivity index (χ0v) is 12.7. The van der Waals surface area contributed by atoms with Crippen LogP contribution in [0.25, 0.3) is 0 Å². The van der Waals surface area contributed by atoms with Crippen molar-refractivity contribution in [1.29, 1.82) is 0 Å². The van der Waals surface area contributed by atoms with Crippen LogP contribution in [0.4, 0.5) is 0 Å². The molecule has 98 valence electrons. The smallest absolute Gasteiger partial charge is 0.281 e. The van der Waals surface area contributed by atoms with Gasteiger partial charge in [-0.15, -0.1) is 0 Å². The molecule has 0 heterocycles. The third-order valence-electron chi connectivity index (χ3n) is 2.66. The van der Waals surface area contributed by atoms with E-state index >= 15 is 0 Å². The first kappa shape index (κ1) is 16.1. The molecule has 0 aromatic rings. The number of hydrogen-bond acceptors (Lipinski definition) is 3. The van der Waals surface area contributed by atoms with E-state index in [1.54, 1.807) is 0 Å². The van der Waals surface area contributed by atoms with Crippen LogP contribution in [0, 0.1) is 0 Å². The van der Waals surface area contributed by atoms with Crippen LogP contribution in [0.3, 0.4) is 0 Å². The second kappa shape index (κ2) is 10.3. The average molecular weight is 245 g/mol. The van der Waals surface area contributed by atoms with Crippen LogP contribution in [-0.4, -0.2) is 28.2 Å². The summed E-state index contributed by atoms with van der Waals surface area (Å²) in [6, 6.07) is 1.27. The molecule has 4 heteroatoms. The summed E-state index contributed by atoms with van der Waals surface area (Å²) in [6.45, 7) is 12.4. The third-order valence-corrected chi connectivity index (χ3v) is 6.47. The molecule has 0 radical (unpaired) electrons. The van der Waals surface area contributed by atoms with Crippen LogP contribution in [0.2, 0.25) is 6.04 Å². The summed E-state index contributed by atoms with van der Waals surface area (Å²) in [6.07, 6.45) is 4.87. The van der Waals surface area contributed by atoms with Gasteiger partial charge in [0.05, 0.1) is 0 Å². The Labute approximate surface area is 103 Å². The van der Waals surface area contributed by atoms with E-state index < -0.39 is 8.56 Å². The van der Waals surface area contributed by atoms with Gasteiger partial charge < -0.3 is 14.9 Å². The molecule has 0 unspecified atom stereocenters. The van der Waals surface area contributed by atoms with Gasteiger partial charge in [-0.2, -0.15) is 0 Å². The fourth-order valence-electron chi connectivity index (χ4n) is 1.84. The number of nitrogens with one attached hydrogen (secondary N) is 3. The maximum absolute atomic E-state index is 3.77. The van der Waals surface area contributed by atoms with Gasteiger partial charge in [0, 0.05) is 0 Å². The summed E-state index contributed by atoms with van der Waals surface area (Å²) in [5.41, 5.74) is 0. The minimum atomic E-state index is -1.61. The average Bonchev–Trinajstić information content (AvgIpc) is 2.31. The maximum atomic E-state index is 3.77. The molecule has 3 nitrogen and oxygen atoms in total. The molecule has 0 saturated heterocycles. The van der Waals surface area contributed by atoms with Crippen LogP contribution in [-0.2, 0) is 0 Å². The molecule has 0 saturated carbocycles. The predicted molar refractivity (Wildman–Crippen MR) is 75.7 cm³/mol. The van der Waals surface area contributed by atoms with E-state index in [0.29, 0.717) is 0 Å². The zero-order chi connectivity index (χ0) is 12.3. The fraction of sp³-hybridized carbons (Fsp3) is 1.00. The molecule has 0 aromatic heterocycles. The standard InChI is InChI=1S/C12H31N3Si/c1-5-9-13-16(12-8-4,14-10-6-2)15-11-7-3/h13-15H,5-12H2,1-4H3. The molecule has 0 fully saturated rings. The molecule has 3 N–H and O–H groups in total. The minimum absolute atomic E-state index is 1.12. The molecular weight excluding hydrogens is 214 g/mol.